The monoisotopic (exact) mass is 356 g/mol. The third kappa shape index (κ3) is 5.03. The Morgan fingerprint density at radius 2 is 2.12 bits per heavy atom. The second kappa shape index (κ2) is 8.29. The van der Waals surface area contributed by atoms with Crippen molar-refractivity contribution in [3.05, 3.63) is 30.2 Å². The average Bonchev–Trinajstić information content (AvgIpc) is 3.12. The number of hydrogen-bond acceptors (Lipinski definition) is 5. The molecule has 0 atom stereocenters. The van der Waals surface area contributed by atoms with Crippen LogP contribution in [0.2, 0.25) is 0 Å². The average molecular weight is 356 g/mol. The lowest BCUT2D eigenvalue weighted by Crippen LogP contribution is -2.46. The summed E-state index contributed by atoms with van der Waals surface area (Å²) >= 11 is 0. The molecular weight excluding hydrogens is 328 g/mol. The van der Waals surface area contributed by atoms with E-state index >= 15 is 0 Å². The Hall–Kier alpha value is -2.44. The van der Waals surface area contributed by atoms with Crippen LogP contribution in [-0.2, 0) is 6.42 Å². The van der Waals surface area contributed by atoms with E-state index in [1.54, 1.807) is 13.2 Å². The number of rotatable bonds is 5. The van der Waals surface area contributed by atoms with E-state index in [1.807, 2.05) is 18.2 Å². The van der Waals surface area contributed by atoms with Crippen molar-refractivity contribution in [2.45, 2.75) is 52.0 Å². The molecule has 26 heavy (non-hydrogen) atoms. The molecule has 1 aliphatic rings. The predicted octanol–water partition coefficient (Wildman–Crippen LogP) is 2.81. The fourth-order valence-electron chi connectivity index (χ4n) is 3.17. The maximum atomic E-state index is 5.28. The van der Waals surface area contributed by atoms with Crippen molar-refractivity contribution >= 4 is 5.96 Å². The molecule has 1 aliphatic carbocycles. The molecule has 2 aromatic rings. The highest BCUT2D eigenvalue weighted by Crippen LogP contribution is 2.34. The minimum Gasteiger partial charge on any atom is -0.356 e. The molecule has 1 fully saturated rings. The number of guanidine groups is 1. The highest BCUT2D eigenvalue weighted by molar-refractivity contribution is 5.79. The molecule has 2 heterocycles. The number of pyridine rings is 1. The summed E-state index contributed by atoms with van der Waals surface area (Å²) in [6, 6.07) is 6.11. The molecule has 3 rings (SSSR count). The maximum absolute atomic E-state index is 5.28. The van der Waals surface area contributed by atoms with E-state index in [-0.39, 0.29) is 0 Å². The van der Waals surface area contributed by atoms with Gasteiger partial charge in [0.15, 0.2) is 11.8 Å². The second-order valence-corrected chi connectivity index (χ2v) is 7.56. The minimum atomic E-state index is 0.452. The molecule has 2 aromatic heterocycles. The fraction of sp³-hybridized carbons (Fsp3) is 0.579. The standard InChI is InChI=1S/C19H28N6O/c1-19(2)10-7-14(8-11-19)23-18(20-3)22-13-9-16-24-17(26-25-16)15-6-4-5-12-21-15/h4-6,12,14H,7-11,13H2,1-3H3,(H2,20,22,23). The lowest BCUT2D eigenvalue weighted by Gasteiger charge is -2.35. The van der Waals surface area contributed by atoms with E-state index in [4.69, 9.17) is 4.52 Å². The van der Waals surface area contributed by atoms with Crippen LogP contribution in [0.15, 0.2) is 33.9 Å². The van der Waals surface area contributed by atoms with Crippen LogP contribution in [0.4, 0.5) is 0 Å². The van der Waals surface area contributed by atoms with Gasteiger partial charge in [-0.05, 0) is 43.2 Å². The second-order valence-electron chi connectivity index (χ2n) is 7.56. The van der Waals surface area contributed by atoms with Gasteiger partial charge in [0.2, 0.25) is 0 Å². The van der Waals surface area contributed by atoms with Crippen LogP contribution in [0.1, 0.15) is 45.4 Å². The van der Waals surface area contributed by atoms with Gasteiger partial charge in [-0.2, -0.15) is 4.98 Å². The van der Waals surface area contributed by atoms with Crippen LogP contribution in [0, 0.1) is 5.41 Å². The molecule has 0 bridgehead atoms. The number of nitrogens with zero attached hydrogens (tertiary/aromatic N) is 4. The van der Waals surface area contributed by atoms with E-state index in [2.05, 4.69) is 44.6 Å². The number of hydrogen-bond donors (Lipinski definition) is 2. The summed E-state index contributed by atoms with van der Waals surface area (Å²) in [4.78, 5) is 12.9. The van der Waals surface area contributed by atoms with Crippen LogP contribution in [-0.4, -0.2) is 40.7 Å². The molecule has 7 heteroatoms. The zero-order valence-corrected chi connectivity index (χ0v) is 15.8. The summed E-state index contributed by atoms with van der Waals surface area (Å²) in [7, 11) is 1.80. The van der Waals surface area contributed by atoms with Crippen molar-refractivity contribution in [2.24, 2.45) is 10.4 Å². The van der Waals surface area contributed by atoms with Crippen molar-refractivity contribution in [3.63, 3.8) is 0 Å². The Kier molecular flexibility index (Phi) is 5.85. The Balaban J connectivity index is 1.44. The number of aromatic nitrogens is 3. The summed E-state index contributed by atoms with van der Waals surface area (Å²) in [5.41, 5.74) is 1.16. The van der Waals surface area contributed by atoms with Gasteiger partial charge < -0.3 is 15.2 Å². The van der Waals surface area contributed by atoms with Crippen molar-refractivity contribution in [1.82, 2.24) is 25.8 Å². The SMILES string of the molecule is CN=C(NCCc1noc(-c2ccccn2)n1)NC1CCC(C)(C)CC1. The Morgan fingerprint density at radius 3 is 2.81 bits per heavy atom. The van der Waals surface area contributed by atoms with Gasteiger partial charge in [0.25, 0.3) is 5.89 Å². The molecule has 0 aromatic carbocycles. The molecule has 0 unspecified atom stereocenters. The van der Waals surface area contributed by atoms with Gasteiger partial charge in [-0.1, -0.05) is 25.1 Å². The van der Waals surface area contributed by atoms with Crippen LogP contribution in [0.25, 0.3) is 11.6 Å². The molecule has 140 valence electrons. The highest BCUT2D eigenvalue weighted by atomic mass is 16.5. The van der Waals surface area contributed by atoms with Crippen LogP contribution < -0.4 is 10.6 Å². The summed E-state index contributed by atoms with van der Waals surface area (Å²) < 4.78 is 5.28. The molecule has 2 N–H and O–H groups in total. The summed E-state index contributed by atoms with van der Waals surface area (Å²) in [6.45, 7) is 5.39. The zero-order valence-electron chi connectivity index (χ0n) is 15.8. The normalized spacial score (nSPS) is 17.9. The topological polar surface area (TPSA) is 88.2 Å². The summed E-state index contributed by atoms with van der Waals surface area (Å²) in [6.07, 6.45) is 7.25. The first kappa shape index (κ1) is 18.4. The Labute approximate surface area is 154 Å². The summed E-state index contributed by atoms with van der Waals surface area (Å²) in [5, 5.41) is 10.9. The van der Waals surface area contributed by atoms with E-state index in [1.165, 1.54) is 25.7 Å². The number of nitrogens with one attached hydrogen (secondary N) is 2. The first-order valence-electron chi connectivity index (χ1n) is 9.27. The molecular formula is C19H28N6O. The fourth-order valence-corrected chi connectivity index (χ4v) is 3.17. The highest BCUT2D eigenvalue weighted by Gasteiger charge is 2.27. The third-order valence-electron chi connectivity index (χ3n) is 4.90. The molecule has 1 saturated carbocycles. The quantitative estimate of drug-likeness (QED) is 0.633. The van der Waals surface area contributed by atoms with E-state index in [0.717, 1.165) is 5.96 Å². The molecule has 0 saturated heterocycles. The van der Waals surface area contributed by atoms with Gasteiger partial charge in [0, 0.05) is 32.3 Å². The lowest BCUT2D eigenvalue weighted by molar-refractivity contribution is 0.216. The van der Waals surface area contributed by atoms with Gasteiger partial charge in [-0.25, -0.2) is 0 Å². The molecule has 7 nitrogen and oxygen atoms in total. The minimum absolute atomic E-state index is 0.452. The molecule has 0 radical (unpaired) electrons. The van der Waals surface area contributed by atoms with Gasteiger partial charge in [-0.3, -0.25) is 9.98 Å². The van der Waals surface area contributed by atoms with Gasteiger partial charge in [0.05, 0.1) is 0 Å². The Bertz CT molecular complexity index is 715. The van der Waals surface area contributed by atoms with Crippen LogP contribution in [0.5, 0.6) is 0 Å². The molecule has 0 spiro atoms. The van der Waals surface area contributed by atoms with Crippen molar-refractivity contribution < 1.29 is 4.52 Å². The van der Waals surface area contributed by atoms with E-state index in [0.29, 0.717) is 41.8 Å². The molecule has 0 amide bonds. The van der Waals surface area contributed by atoms with Crippen molar-refractivity contribution in [1.29, 1.82) is 0 Å². The van der Waals surface area contributed by atoms with E-state index in [9.17, 15) is 0 Å². The first-order valence-corrected chi connectivity index (χ1v) is 9.27. The predicted molar refractivity (Wildman–Crippen MR) is 102 cm³/mol. The van der Waals surface area contributed by atoms with Crippen molar-refractivity contribution in [3.8, 4) is 11.6 Å². The van der Waals surface area contributed by atoms with Gasteiger partial charge in [-0.15, -0.1) is 0 Å². The van der Waals surface area contributed by atoms with Crippen LogP contribution in [0.3, 0.4) is 0 Å². The third-order valence-corrected chi connectivity index (χ3v) is 4.90. The summed E-state index contributed by atoms with van der Waals surface area (Å²) in [5.74, 6) is 1.95. The van der Waals surface area contributed by atoms with Crippen molar-refractivity contribution in [2.75, 3.05) is 13.6 Å². The zero-order chi connectivity index (χ0) is 18.4. The van der Waals surface area contributed by atoms with Gasteiger partial charge >= 0.3 is 0 Å². The smallest absolute Gasteiger partial charge is 0.276 e. The van der Waals surface area contributed by atoms with Gasteiger partial charge in [0.1, 0.15) is 5.69 Å². The maximum Gasteiger partial charge on any atom is 0.276 e. The molecule has 0 aliphatic heterocycles. The first-order chi connectivity index (χ1) is 12.6. The lowest BCUT2D eigenvalue weighted by atomic mass is 9.75. The number of aliphatic imine (C=N–C) groups is 1. The van der Waals surface area contributed by atoms with E-state index < -0.39 is 0 Å². The largest absolute Gasteiger partial charge is 0.356 e. The van der Waals surface area contributed by atoms with Crippen LogP contribution >= 0.6 is 0 Å². The Morgan fingerprint density at radius 1 is 1.31 bits per heavy atom.